The average molecular weight is 461 g/mol. The van der Waals surface area contributed by atoms with Crippen molar-refractivity contribution < 1.29 is 31.8 Å². The number of hydrogen-bond acceptors (Lipinski definition) is 3. The third kappa shape index (κ3) is 4.41. The van der Waals surface area contributed by atoms with E-state index in [4.69, 9.17) is 14.2 Å². The summed E-state index contributed by atoms with van der Waals surface area (Å²) >= 11 is 0. The fraction of sp³-hybridized carbons (Fsp3) is 0.840. The third-order valence-corrected chi connectivity index (χ3v) is 7.83. The molecular formula is C25H36F4O3. The van der Waals surface area contributed by atoms with Crippen LogP contribution in [0, 0.1) is 17.3 Å². The second kappa shape index (κ2) is 9.03. The number of ether oxygens (including phenoxy) is 3. The molecule has 3 aliphatic heterocycles. The molecule has 1 saturated carbocycles. The molecule has 0 amide bonds. The Labute approximate surface area is 188 Å². The van der Waals surface area contributed by atoms with Crippen molar-refractivity contribution in [2.24, 2.45) is 17.3 Å². The molecule has 4 fully saturated rings. The van der Waals surface area contributed by atoms with Crippen molar-refractivity contribution in [2.45, 2.75) is 95.9 Å². The molecule has 2 bridgehead atoms. The van der Waals surface area contributed by atoms with Crippen molar-refractivity contribution in [3.8, 4) is 0 Å². The van der Waals surface area contributed by atoms with Crippen LogP contribution in [-0.2, 0) is 14.2 Å². The quantitative estimate of drug-likeness (QED) is 0.288. The monoisotopic (exact) mass is 460 g/mol. The molecule has 0 atom stereocenters. The van der Waals surface area contributed by atoms with Gasteiger partial charge in [-0.05, 0) is 50.4 Å². The van der Waals surface area contributed by atoms with E-state index in [0.29, 0.717) is 57.8 Å². The van der Waals surface area contributed by atoms with Gasteiger partial charge in [-0.1, -0.05) is 45.3 Å². The van der Waals surface area contributed by atoms with Crippen LogP contribution in [0.1, 0.15) is 78.1 Å². The van der Waals surface area contributed by atoms with Gasteiger partial charge in [-0.2, -0.15) is 17.6 Å². The van der Waals surface area contributed by atoms with Crippen LogP contribution in [0.25, 0.3) is 0 Å². The van der Waals surface area contributed by atoms with E-state index < -0.39 is 29.3 Å². The lowest BCUT2D eigenvalue weighted by molar-refractivity contribution is -0.470. The van der Waals surface area contributed by atoms with Gasteiger partial charge in [0.05, 0.1) is 19.8 Å². The first-order valence-electron chi connectivity index (χ1n) is 12.2. The summed E-state index contributed by atoms with van der Waals surface area (Å²) in [5.74, 6) is -9.34. The van der Waals surface area contributed by atoms with Crippen molar-refractivity contribution in [2.75, 3.05) is 19.8 Å². The van der Waals surface area contributed by atoms with Gasteiger partial charge in [0.2, 0.25) is 0 Å². The lowest BCUT2D eigenvalue weighted by atomic mass is 9.74. The largest absolute Gasteiger partial charge is 0.336 e. The Morgan fingerprint density at radius 2 is 1.47 bits per heavy atom. The maximum Gasteiger partial charge on any atom is 0.336 e. The molecule has 0 N–H and O–H groups in total. The highest BCUT2D eigenvalue weighted by Crippen LogP contribution is 2.53. The minimum atomic E-state index is -4.14. The zero-order valence-electron chi connectivity index (χ0n) is 19.2. The molecule has 3 saturated heterocycles. The molecule has 0 radical (unpaired) electrons. The van der Waals surface area contributed by atoms with Gasteiger partial charge in [-0.15, -0.1) is 0 Å². The maximum absolute atomic E-state index is 14.9. The molecule has 2 aliphatic carbocycles. The highest BCUT2D eigenvalue weighted by atomic mass is 19.3. The molecule has 3 heterocycles. The van der Waals surface area contributed by atoms with Crippen molar-refractivity contribution in [3.63, 3.8) is 0 Å². The van der Waals surface area contributed by atoms with Gasteiger partial charge in [-0.25, -0.2) is 0 Å². The van der Waals surface area contributed by atoms with Crippen LogP contribution >= 0.6 is 0 Å². The molecule has 0 aromatic carbocycles. The summed E-state index contributed by atoms with van der Waals surface area (Å²) in [6.45, 7) is 5.91. The first-order valence-corrected chi connectivity index (χ1v) is 12.2. The van der Waals surface area contributed by atoms with E-state index in [9.17, 15) is 17.6 Å². The molecule has 5 aliphatic rings. The summed E-state index contributed by atoms with van der Waals surface area (Å²) in [6.07, 6.45) is 8.42. The second-order valence-corrected chi connectivity index (χ2v) is 10.4. The fourth-order valence-electron chi connectivity index (χ4n) is 5.65. The number of hydrogen-bond donors (Lipinski definition) is 0. The van der Waals surface area contributed by atoms with Gasteiger partial charge in [0.25, 0.3) is 5.97 Å². The third-order valence-electron chi connectivity index (χ3n) is 7.83. The van der Waals surface area contributed by atoms with Crippen LogP contribution in [0.2, 0.25) is 0 Å². The highest BCUT2D eigenvalue weighted by molar-refractivity contribution is 5.39. The van der Waals surface area contributed by atoms with Crippen molar-refractivity contribution >= 4 is 0 Å². The number of halogens is 4. The molecule has 32 heavy (non-hydrogen) atoms. The lowest BCUT2D eigenvalue weighted by Crippen LogP contribution is -2.59. The topological polar surface area (TPSA) is 27.7 Å². The zero-order chi connectivity index (χ0) is 23.0. The van der Waals surface area contributed by atoms with Crippen molar-refractivity contribution in [3.05, 3.63) is 23.3 Å². The molecule has 0 aromatic heterocycles. The van der Waals surface area contributed by atoms with E-state index in [1.54, 1.807) is 0 Å². The van der Waals surface area contributed by atoms with Crippen LogP contribution in [0.3, 0.4) is 0 Å². The molecular weight excluding hydrogens is 424 g/mol. The van der Waals surface area contributed by atoms with E-state index in [2.05, 4.69) is 13.8 Å². The van der Waals surface area contributed by atoms with Gasteiger partial charge in [0.15, 0.2) is 0 Å². The van der Waals surface area contributed by atoms with Gasteiger partial charge < -0.3 is 14.2 Å². The smallest absolute Gasteiger partial charge is 0.327 e. The lowest BCUT2D eigenvalue weighted by Gasteiger charge is -2.52. The Kier molecular flexibility index (Phi) is 6.83. The van der Waals surface area contributed by atoms with E-state index in [-0.39, 0.29) is 17.4 Å². The van der Waals surface area contributed by atoms with Crippen LogP contribution in [0.4, 0.5) is 17.6 Å². The minimum absolute atomic E-state index is 0.0794. The predicted octanol–water partition coefficient (Wildman–Crippen LogP) is 7.03. The van der Waals surface area contributed by atoms with Gasteiger partial charge in [-0.3, -0.25) is 0 Å². The van der Waals surface area contributed by atoms with Crippen LogP contribution in [0.5, 0.6) is 0 Å². The molecule has 0 spiro atoms. The standard InChI is InChI=1S/C25H36F4O3/c1-3-13-22-15-30-23(31-16-22,32-17-22)14-5-4-6-20-11-12-21(25(28,29)24(20,26)27)19-9-7-18(2)8-10-19/h11-12,18-19H,3-10,13-17H2,1-2H3. The first-order chi connectivity index (χ1) is 15.1. The van der Waals surface area contributed by atoms with Gasteiger partial charge in [0, 0.05) is 23.0 Å². The first kappa shape index (κ1) is 24.2. The summed E-state index contributed by atoms with van der Waals surface area (Å²) in [7, 11) is 0. The van der Waals surface area contributed by atoms with E-state index in [0.717, 1.165) is 25.7 Å². The van der Waals surface area contributed by atoms with E-state index in [1.807, 2.05) is 0 Å². The normalized spacial score (nSPS) is 38.3. The Bertz CT molecular complexity index is 713. The average Bonchev–Trinajstić information content (AvgIpc) is 2.77. The summed E-state index contributed by atoms with van der Waals surface area (Å²) in [6, 6.07) is 0. The Balaban J connectivity index is 1.32. The summed E-state index contributed by atoms with van der Waals surface area (Å²) in [5, 5.41) is 0. The Morgan fingerprint density at radius 1 is 0.844 bits per heavy atom. The molecule has 3 nitrogen and oxygen atoms in total. The van der Waals surface area contributed by atoms with Gasteiger partial charge >= 0.3 is 11.8 Å². The SMILES string of the molecule is CCCC12COC(CCCCC3=CC=C(C4CCC(C)CC4)C(F)(F)C3(F)F)(OC1)OC2. The summed E-state index contributed by atoms with van der Waals surface area (Å²) in [5.41, 5.74) is -0.950. The van der Waals surface area contributed by atoms with Crippen LogP contribution < -0.4 is 0 Å². The van der Waals surface area contributed by atoms with Crippen LogP contribution in [-0.4, -0.2) is 37.6 Å². The van der Waals surface area contributed by atoms with E-state index in [1.165, 1.54) is 12.2 Å². The number of unbranched alkanes of at least 4 members (excludes halogenated alkanes) is 1. The van der Waals surface area contributed by atoms with Crippen molar-refractivity contribution in [1.29, 1.82) is 0 Å². The maximum atomic E-state index is 14.9. The van der Waals surface area contributed by atoms with Gasteiger partial charge in [0.1, 0.15) is 0 Å². The molecule has 0 unspecified atom stereocenters. The number of alkyl halides is 4. The zero-order valence-corrected chi connectivity index (χ0v) is 19.2. The van der Waals surface area contributed by atoms with Crippen molar-refractivity contribution in [1.82, 2.24) is 0 Å². The fourth-order valence-corrected chi connectivity index (χ4v) is 5.65. The van der Waals surface area contributed by atoms with E-state index >= 15 is 0 Å². The predicted molar refractivity (Wildman–Crippen MR) is 114 cm³/mol. The Hall–Kier alpha value is -0.920. The molecule has 0 aromatic rings. The minimum Gasteiger partial charge on any atom is -0.327 e. The molecule has 7 heteroatoms. The number of allylic oxidation sites excluding steroid dienone is 4. The van der Waals surface area contributed by atoms with Crippen LogP contribution in [0.15, 0.2) is 23.3 Å². The molecule has 182 valence electrons. The summed E-state index contributed by atoms with van der Waals surface area (Å²) < 4.78 is 77.0. The Morgan fingerprint density at radius 3 is 2.06 bits per heavy atom. The molecule has 5 rings (SSSR count). The summed E-state index contributed by atoms with van der Waals surface area (Å²) in [4.78, 5) is 0. The second-order valence-electron chi connectivity index (χ2n) is 10.4. The number of rotatable bonds is 8. The number of fused-ring (bicyclic) bond motifs is 3. The highest BCUT2D eigenvalue weighted by Gasteiger charge is 2.62.